The van der Waals surface area contributed by atoms with Crippen molar-refractivity contribution in [1.82, 2.24) is 9.71 Å². The fourth-order valence-electron chi connectivity index (χ4n) is 1.64. The van der Waals surface area contributed by atoms with Gasteiger partial charge in [-0.05, 0) is 34.9 Å². The Hall–Kier alpha value is -1.72. The van der Waals surface area contributed by atoms with E-state index in [4.69, 9.17) is 5.73 Å². The Morgan fingerprint density at radius 2 is 2.24 bits per heavy atom. The van der Waals surface area contributed by atoms with Crippen molar-refractivity contribution in [3.8, 4) is 11.8 Å². The second kappa shape index (κ2) is 7.33. The van der Waals surface area contributed by atoms with Crippen molar-refractivity contribution in [2.24, 2.45) is 5.73 Å². The third-order valence-electron chi connectivity index (χ3n) is 2.64. The van der Waals surface area contributed by atoms with E-state index in [0.717, 1.165) is 5.56 Å². The highest BCUT2D eigenvalue weighted by Crippen LogP contribution is 2.10. The van der Waals surface area contributed by atoms with Crippen LogP contribution in [0.15, 0.2) is 40.2 Å². The molecule has 2 aromatic heterocycles. The fraction of sp³-hybridized carbons (Fsp3) is 0.214. The Kier molecular flexibility index (Phi) is 5.47. The lowest BCUT2D eigenvalue weighted by atomic mass is 10.2. The molecular formula is C14H15N3O2S2. The lowest BCUT2D eigenvalue weighted by Crippen LogP contribution is -2.26. The summed E-state index contributed by atoms with van der Waals surface area (Å²) >= 11 is 1.59. The second-order valence-corrected chi connectivity index (χ2v) is 6.74. The molecule has 0 saturated heterocycles. The largest absolute Gasteiger partial charge is 0.320 e. The first-order valence-electron chi connectivity index (χ1n) is 6.26. The van der Waals surface area contributed by atoms with E-state index in [1.54, 1.807) is 11.3 Å². The van der Waals surface area contributed by atoms with Gasteiger partial charge < -0.3 is 5.73 Å². The van der Waals surface area contributed by atoms with Crippen molar-refractivity contribution in [2.45, 2.75) is 11.3 Å². The zero-order valence-electron chi connectivity index (χ0n) is 11.2. The highest BCUT2D eigenvalue weighted by molar-refractivity contribution is 7.89. The molecule has 0 spiro atoms. The third-order valence-corrected chi connectivity index (χ3v) is 4.80. The maximum absolute atomic E-state index is 12.2. The summed E-state index contributed by atoms with van der Waals surface area (Å²) in [6, 6.07) is 3.46. The molecule has 110 valence electrons. The van der Waals surface area contributed by atoms with E-state index in [1.807, 2.05) is 16.8 Å². The minimum atomic E-state index is -3.57. The molecule has 0 aliphatic heterocycles. The van der Waals surface area contributed by atoms with Crippen molar-refractivity contribution in [1.29, 1.82) is 0 Å². The number of nitrogens with one attached hydrogen (secondary N) is 1. The van der Waals surface area contributed by atoms with E-state index in [1.165, 1.54) is 18.5 Å². The van der Waals surface area contributed by atoms with Crippen LogP contribution in [-0.4, -0.2) is 26.5 Å². The van der Waals surface area contributed by atoms with Crippen LogP contribution < -0.4 is 10.5 Å². The first kappa shape index (κ1) is 15.7. The molecule has 2 heterocycles. The SMILES string of the molecule is NCC#Cc1cncc(S(=O)(=O)NCCc2ccsc2)c1. The molecule has 3 N–H and O–H groups in total. The predicted molar refractivity (Wildman–Crippen MR) is 83.4 cm³/mol. The molecule has 0 saturated carbocycles. The number of hydrogen-bond donors (Lipinski definition) is 2. The summed E-state index contributed by atoms with van der Waals surface area (Å²) < 4.78 is 26.9. The van der Waals surface area contributed by atoms with Gasteiger partial charge in [0.15, 0.2) is 0 Å². The molecule has 2 rings (SSSR count). The lowest BCUT2D eigenvalue weighted by Gasteiger charge is -2.06. The molecule has 0 radical (unpaired) electrons. The fourth-order valence-corrected chi connectivity index (χ4v) is 3.36. The van der Waals surface area contributed by atoms with Gasteiger partial charge in [0.05, 0.1) is 6.54 Å². The number of sulfonamides is 1. The quantitative estimate of drug-likeness (QED) is 0.804. The van der Waals surface area contributed by atoms with Crippen LogP contribution in [0.3, 0.4) is 0 Å². The van der Waals surface area contributed by atoms with Crippen LogP contribution in [0.25, 0.3) is 0 Å². The monoisotopic (exact) mass is 321 g/mol. The van der Waals surface area contributed by atoms with E-state index < -0.39 is 10.0 Å². The number of nitrogens with two attached hydrogens (primary N) is 1. The number of nitrogens with zero attached hydrogens (tertiary/aromatic N) is 1. The van der Waals surface area contributed by atoms with Crippen LogP contribution in [0.2, 0.25) is 0 Å². The van der Waals surface area contributed by atoms with Gasteiger partial charge in [0.25, 0.3) is 0 Å². The Morgan fingerprint density at radius 3 is 2.95 bits per heavy atom. The highest BCUT2D eigenvalue weighted by Gasteiger charge is 2.14. The second-order valence-electron chi connectivity index (χ2n) is 4.19. The van der Waals surface area contributed by atoms with E-state index in [-0.39, 0.29) is 11.4 Å². The standard InChI is InChI=1S/C14H15N3O2S2/c15-5-1-2-13-8-14(10-16-9-13)21(18,19)17-6-3-12-4-7-20-11-12/h4,7-11,17H,3,5-6,15H2. The summed E-state index contributed by atoms with van der Waals surface area (Å²) in [5.74, 6) is 5.44. The van der Waals surface area contributed by atoms with Gasteiger partial charge in [-0.2, -0.15) is 11.3 Å². The van der Waals surface area contributed by atoms with Crippen LogP contribution >= 0.6 is 11.3 Å². The van der Waals surface area contributed by atoms with Crippen molar-refractivity contribution >= 4 is 21.4 Å². The van der Waals surface area contributed by atoms with Crippen molar-refractivity contribution < 1.29 is 8.42 Å². The first-order chi connectivity index (χ1) is 10.1. The number of rotatable bonds is 5. The molecule has 21 heavy (non-hydrogen) atoms. The van der Waals surface area contributed by atoms with Crippen molar-refractivity contribution in [3.05, 3.63) is 46.4 Å². The molecule has 0 unspecified atom stereocenters. The molecule has 0 fully saturated rings. The molecule has 5 nitrogen and oxygen atoms in total. The van der Waals surface area contributed by atoms with Gasteiger partial charge in [0.2, 0.25) is 10.0 Å². The van der Waals surface area contributed by atoms with E-state index in [2.05, 4.69) is 21.5 Å². The van der Waals surface area contributed by atoms with Crippen LogP contribution in [-0.2, 0) is 16.4 Å². The number of thiophene rings is 1. The van der Waals surface area contributed by atoms with Gasteiger partial charge in [-0.1, -0.05) is 11.8 Å². The highest BCUT2D eigenvalue weighted by atomic mass is 32.2. The molecule has 0 aliphatic carbocycles. The number of aromatic nitrogens is 1. The predicted octanol–water partition coefficient (Wildman–Crippen LogP) is 0.974. The molecule has 0 aliphatic rings. The minimum Gasteiger partial charge on any atom is -0.320 e. The molecule has 7 heteroatoms. The summed E-state index contributed by atoms with van der Waals surface area (Å²) in [5, 5.41) is 3.96. The number of pyridine rings is 1. The van der Waals surface area contributed by atoms with Gasteiger partial charge in [0, 0.05) is 24.5 Å². The van der Waals surface area contributed by atoms with Crippen molar-refractivity contribution in [2.75, 3.05) is 13.1 Å². The molecular weight excluding hydrogens is 306 g/mol. The van der Waals surface area contributed by atoms with E-state index in [9.17, 15) is 8.42 Å². The van der Waals surface area contributed by atoms with Crippen molar-refractivity contribution in [3.63, 3.8) is 0 Å². The molecule has 0 bridgehead atoms. The maximum Gasteiger partial charge on any atom is 0.242 e. The Labute approximate surface area is 128 Å². The summed E-state index contributed by atoms with van der Waals surface area (Å²) in [6.45, 7) is 0.563. The Bertz CT molecular complexity index is 744. The summed E-state index contributed by atoms with van der Waals surface area (Å²) in [7, 11) is -3.57. The first-order valence-corrected chi connectivity index (χ1v) is 8.69. The molecule has 0 amide bonds. The Balaban J connectivity index is 2.04. The third kappa shape index (κ3) is 4.65. The zero-order valence-corrected chi connectivity index (χ0v) is 12.9. The zero-order chi connectivity index (χ0) is 15.1. The summed E-state index contributed by atoms with van der Waals surface area (Å²) in [5.41, 5.74) is 6.93. The van der Waals surface area contributed by atoms with Gasteiger partial charge in [-0.3, -0.25) is 4.98 Å². The summed E-state index contributed by atoms with van der Waals surface area (Å²) in [4.78, 5) is 4.01. The molecule has 0 atom stereocenters. The lowest BCUT2D eigenvalue weighted by molar-refractivity contribution is 0.581. The summed E-state index contributed by atoms with van der Waals surface area (Å²) in [6.07, 6.45) is 3.47. The average molecular weight is 321 g/mol. The average Bonchev–Trinajstić information content (AvgIpc) is 2.98. The van der Waals surface area contributed by atoms with Gasteiger partial charge in [-0.15, -0.1) is 0 Å². The normalized spacial score (nSPS) is 10.9. The van der Waals surface area contributed by atoms with Crippen LogP contribution in [0.5, 0.6) is 0 Å². The number of hydrogen-bond acceptors (Lipinski definition) is 5. The topological polar surface area (TPSA) is 85.1 Å². The smallest absolute Gasteiger partial charge is 0.242 e. The maximum atomic E-state index is 12.2. The minimum absolute atomic E-state index is 0.108. The van der Waals surface area contributed by atoms with E-state index in [0.29, 0.717) is 18.5 Å². The molecule has 0 aromatic carbocycles. The van der Waals surface area contributed by atoms with Gasteiger partial charge >= 0.3 is 0 Å². The van der Waals surface area contributed by atoms with Crippen LogP contribution in [0.1, 0.15) is 11.1 Å². The van der Waals surface area contributed by atoms with Gasteiger partial charge in [0.1, 0.15) is 4.90 Å². The van der Waals surface area contributed by atoms with Crippen LogP contribution in [0.4, 0.5) is 0 Å². The molecule has 2 aromatic rings. The van der Waals surface area contributed by atoms with E-state index >= 15 is 0 Å². The van der Waals surface area contributed by atoms with Crippen LogP contribution in [0, 0.1) is 11.8 Å². The van der Waals surface area contributed by atoms with Gasteiger partial charge in [-0.25, -0.2) is 13.1 Å². The Morgan fingerprint density at radius 1 is 1.38 bits per heavy atom.